The molecule has 0 N–H and O–H groups in total. The highest BCUT2D eigenvalue weighted by Gasteiger charge is 2.53. The Morgan fingerprint density at radius 3 is 2.88 bits per heavy atom. The summed E-state index contributed by atoms with van der Waals surface area (Å²) in [5.74, 6) is 0.483. The lowest BCUT2D eigenvalue weighted by Gasteiger charge is -2.08. The molecule has 16 heavy (non-hydrogen) atoms. The number of benzene rings is 1. The fourth-order valence-electron chi connectivity index (χ4n) is 2.41. The van der Waals surface area contributed by atoms with Crippen molar-refractivity contribution in [2.45, 2.75) is 18.8 Å². The van der Waals surface area contributed by atoms with Gasteiger partial charge in [0.25, 0.3) is 0 Å². The van der Waals surface area contributed by atoms with Crippen LogP contribution in [0.15, 0.2) is 36.7 Å². The summed E-state index contributed by atoms with van der Waals surface area (Å²) in [5, 5.41) is 11.6. The van der Waals surface area contributed by atoms with Crippen LogP contribution in [0.4, 0.5) is 0 Å². The Kier molecular flexibility index (Phi) is 1.79. The third-order valence-corrected chi connectivity index (χ3v) is 3.66. The van der Waals surface area contributed by atoms with Gasteiger partial charge in [-0.05, 0) is 35.4 Å². The minimum absolute atomic E-state index is 0.225. The van der Waals surface area contributed by atoms with Crippen molar-refractivity contribution in [3.8, 4) is 6.07 Å². The van der Waals surface area contributed by atoms with Crippen LogP contribution in [-0.4, -0.2) is 4.98 Å². The minimum atomic E-state index is -0.225. The van der Waals surface area contributed by atoms with Crippen molar-refractivity contribution in [2.75, 3.05) is 0 Å². The molecule has 0 radical (unpaired) electrons. The summed E-state index contributed by atoms with van der Waals surface area (Å²) in [6, 6.07) is 10.7. The van der Waals surface area contributed by atoms with Crippen LogP contribution >= 0.6 is 0 Å². The summed E-state index contributed by atoms with van der Waals surface area (Å²) in [6.45, 7) is 2.14. The zero-order valence-corrected chi connectivity index (χ0v) is 9.14. The van der Waals surface area contributed by atoms with Crippen molar-refractivity contribution < 1.29 is 0 Å². The quantitative estimate of drug-likeness (QED) is 0.722. The summed E-state index contributed by atoms with van der Waals surface area (Å²) >= 11 is 0. The fraction of sp³-hybridized carbons (Fsp3) is 0.286. The molecule has 2 unspecified atom stereocenters. The molecule has 1 aromatic heterocycles. The average molecular weight is 208 g/mol. The Morgan fingerprint density at radius 2 is 2.19 bits per heavy atom. The highest BCUT2D eigenvalue weighted by molar-refractivity contribution is 5.82. The van der Waals surface area contributed by atoms with Gasteiger partial charge in [-0.3, -0.25) is 4.98 Å². The molecule has 2 aromatic rings. The third kappa shape index (κ3) is 1.15. The first kappa shape index (κ1) is 9.35. The number of aromatic nitrogens is 1. The van der Waals surface area contributed by atoms with Crippen LogP contribution in [0.25, 0.3) is 10.8 Å². The monoisotopic (exact) mass is 208 g/mol. The summed E-state index contributed by atoms with van der Waals surface area (Å²) < 4.78 is 0. The maximum absolute atomic E-state index is 9.29. The smallest absolute Gasteiger partial charge is 0.0851 e. The molecule has 78 valence electrons. The van der Waals surface area contributed by atoms with Gasteiger partial charge in [-0.25, -0.2) is 0 Å². The second-order valence-electron chi connectivity index (χ2n) is 4.63. The first-order valence-electron chi connectivity index (χ1n) is 5.52. The molecular weight excluding hydrogens is 196 g/mol. The largest absolute Gasteiger partial charge is 0.264 e. The third-order valence-electron chi connectivity index (χ3n) is 3.66. The lowest BCUT2D eigenvalue weighted by molar-refractivity contribution is 0.793. The minimum Gasteiger partial charge on any atom is -0.264 e. The first-order chi connectivity index (χ1) is 7.76. The van der Waals surface area contributed by atoms with E-state index in [9.17, 15) is 5.26 Å². The second kappa shape index (κ2) is 3.05. The standard InChI is InChI=1S/C14H12N2/c1-10-7-14(10,9-15)13-3-2-12-8-16-5-4-11(12)6-13/h2-6,8,10H,7H2,1H3. The average Bonchev–Trinajstić information content (AvgIpc) is 3.01. The fourth-order valence-corrected chi connectivity index (χ4v) is 2.41. The first-order valence-corrected chi connectivity index (χ1v) is 5.52. The predicted molar refractivity (Wildman–Crippen MR) is 62.8 cm³/mol. The van der Waals surface area contributed by atoms with Crippen molar-refractivity contribution in [1.82, 2.24) is 4.98 Å². The molecule has 0 saturated heterocycles. The number of nitriles is 1. The van der Waals surface area contributed by atoms with Crippen molar-refractivity contribution in [1.29, 1.82) is 5.26 Å². The SMILES string of the molecule is CC1CC1(C#N)c1ccc2cnccc2c1. The normalized spacial score (nSPS) is 27.6. The number of rotatable bonds is 1. The van der Waals surface area contributed by atoms with E-state index in [1.54, 1.807) is 6.20 Å². The van der Waals surface area contributed by atoms with Gasteiger partial charge in [0.15, 0.2) is 0 Å². The molecule has 2 heteroatoms. The van der Waals surface area contributed by atoms with Crippen LogP contribution in [0.5, 0.6) is 0 Å². The molecule has 2 nitrogen and oxygen atoms in total. The van der Waals surface area contributed by atoms with E-state index >= 15 is 0 Å². The molecule has 0 aliphatic heterocycles. The van der Waals surface area contributed by atoms with Crippen molar-refractivity contribution in [3.05, 3.63) is 42.2 Å². The van der Waals surface area contributed by atoms with E-state index in [0.29, 0.717) is 5.92 Å². The van der Waals surface area contributed by atoms with Gasteiger partial charge in [0.05, 0.1) is 11.5 Å². The molecule has 0 amide bonds. The Bertz CT molecular complexity index is 597. The molecule has 1 heterocycles. The number of hydrogen-bond donors (Lipinski definition) is 0. The zero-order valence-electron chi connectivity index (χ0n) is 9.14. The van der Waals surface area contributed by atoms with E-state index in [1.165, 1.54) is 5.39 Å². The molecule has 3 rings (SSSR count). The van der Waals surface area contributed by atoms with Gasteiger partial charge in [-0.1, -0.05) is 19.1 Å². The van der Waals surface area contributed by atoms with Gasteiger partial charge in [0, 0.05) is 17.8 Å². The number of pyridine rings is 1. The Morgan fingerprint density at radius 1 is 1.38 bits per heavy atom. The van der Waals surface area contributed by atoms with Crippen molar-refractivity contribution >= 4 is 10.8 Å². The summed E-state index contributed by atoms with van der Waals surface area (Å²) in [5.41, 5.74) is 0.929. The van der Waals surface area contributed by atoms with Gasteiger partial charge in [0.1, 0.15) is 0 Å². The van der Waals surface area contributed by atoms with Gasteiger partial charge in [-0.15, -0.1) is 0 Å². The number of fused-ring (bicyclic) bond motifs is 1. The number of nitrogens with zero attached hydrogens (tertiary/aromatic N) is 2. The van der Waals surface area contributed by atoms with E-state index in [0.717, 1.165) is 17.4 Å². The van der Waals surface area contributed by atoms with E-state index in [2.05, 4.69) is 36.2 Å². The maximum Gasteiger partial charge on any atom is 0.0851 e. The molecule has 1 fully saturated rings. The molecule has 0 spiro atoms. The highest BCUT2D eigenvalue weighted by atomic mass is 14.6. The molecule has 1 saturated carbocycles. The van der Waals surface area contributed by atoms with Crippen LogP contribution < -0.4 is 0 Å². The van der Waals surface area contributed by atoms with Crippen LogP contribution in [0.2, 0.25) is 0 Å². The van der Waals surface area contributed by atoms with Gasteiger partial charge in [-0.2, -0.15) is 5.26 Å². The molecule has 1 aliphatic carbocycles. The van der Waals surface area contributed by atoms with E-state index in [1.807, 2.05) is 12.3 Å². The predicted octanol–water partition coefficient (Wildman–Crippen LogP) is 3.04. The highest BCUT2D eigenvalue weighted by Crippen LogP contribution is 2.53. The van der Waals surface area contributed by atoms with Crippen LogP contribution in [-0.2, 0) is 5.41 Å². The lowest BCUT2D eigenvalue weighted by Crippen LogP contribution is -2.05. The summed E-state index contributed by atoms with van der Waals surface area (Å²) in [7, 11) is 0. The van der Waals surface area contributed by atoms with E-state index < -0.39 is 0 Å². The van der Waals surface area contributed by atoms with Crippen LogP contribution in [0, 0.1) is 17.2 Å². The topological polar surface area (TPSA) is 36.7 Å². The molecule has 1 aliphatic rings. The van der Waals surface area contributed by atoms with Gasteiger partial charge in [0.2, 0.25) is 0 Å². The van der Waals surface area contributed by atoms with Crippen molar-refractivity contribution in [3.63, 3.8) is 0 Å². The Hall–Kier alpha value is -1.88. The summed E-state index contributed by atoms with van der Waals surface area (Å²) in [6.07, 6.45) is 4.63. The van der Waals surface area contributed by atoms with E-state index in [4.69, 9.17) is 0 Å². The van der Waals surface area contributed by atoms with E-state index in [-0.39, 0.29) is 5.41 Å². The summed E-state index contributed by atoms with van der Waals surface area (Å²) in [4.78, 5) is 4.09. The lowest BCUT2D eigenvalue weighted by atomic mass is 9.93. The maximum atomic E-state index is 9.29. The molecule has 0 bridgehead atoms. The molecule has 1 aromatic carbocycles. The molecule has 2 atom stereocenters. The number of hydrogen-bond acceptors (Lipinski definition) is 2. The second-order valence-corrected chi connectivity index (χ2v) is 4.63. The Balaban J connectivity index is 2.17. The van der Waals surface area contributed by atoms with Gasteiger partial charge >= 0.3 is 0 Å². The van der Waals surface area contributed by atoms with Crippen LogP contribution in [0.3, 0.4) is 0 Å². The Labute approximate surface area is 94.5 Å². The zero-order chi connectivity index (χ0) is 11.2. The molecular formula is C14H12N2. The van der Waals surface area contributed by atoms with Crippen LogP contribution in [0.1, 0.15) is 18.9 Å². The van der Waals surface area contributed by atoms with Crippen molar-refractivity contribution in [2.24, 2.45) is 5.92 Å². The van der Waals surface area contributed by atoms with Gasteiger partial charge < -0.3 is 0 Å².